The normalized spacial score (nSPS) is 20.2. The zero-order valence-corrected chi connectivity index (χ0v) is 14.6. The van der Waals surface area contributed by atoms with Crippen LogP contribution in [-0.4, -0.2) is 40.6 Å². The molecule has 1 atom stereocenters. The second kappa shape index (κ2) is 6.10. The first-order chi connectivity index (χ1) is 10.5. The van der Waals surface area contributed by atoms with Crippen LogP contribution in [0.3, 0.4) is 0 Å². The highest BCUT2D eigenvalue weighted by atomic mass is 79.9. The predicted octanol–water partition coefficient (Wildman–Crippen LogP) is 2.15. The molecular weight excluding hydrogens is 368 g/mol. The molecule has 0 spiro atoms. The molecule has 22 heavy (non-hydrogen) atoms. The third kappa shape index (κ3) is 2.82. The Kier molecular flexibility index (Phi) is 4.33. The summed E-state index contributed by atoms with van der Waals surface area (Å²) in [6, 6.07) is 5.36. The van der Waals surface area contributed by atoms with Gasteiger partial charge < -0.3 is 0 Å². The number of piperidine rings is 1. The number of sulfonamides is 1. The van der Waals surface area contributed by atoms with Gasteiger partial charge in [-0.1, -0.05) is 0 Å². The van der Waals surface area contributed by atoms with E-state index >= 15 is 0 Å². The topological polar surface area (TPSA) is 68.1 Å². The molecule has 118 valence electrons. The van der Waals surface area contributed by atoms with E-state index in [2.05, 4.69) is 26.0 Å². The van der Waals surface area contributed by atoms with Gasteiger partial charge in [-0.15, -0.1) is 0 Å². The molecule has 2 aromatic rings. The van der Waals surface area contributed by atoms with Crippen LogP contribution in [0.15, 0.2) is 40.1 Å². The van der Waals surface area contributed by atoms with Crippen molar-refractivity contribution in [3.63, 3.8) is 0 Å². The first kappa shape index (κ1) is 15.6. The van der Waals surface area contributed by atoms with Gasteiger partial charge in [-0.2, -0.15) is 9.40 Å². The Morgan fingerprint density at radius 2 is 2.14 bits per heavy atom. The van der Waals surface area contributed by atoms with E-state index in [1.165, 1.54) is 10.5 Å². The fourth-order valence-corrected chi connectivity index (χ4v) is 5.24. The number of pyridine rings is 1. The minimum atomic E-state index is -3.58. The molecule has 3 rings (SSSR count). The van der Waals surface area contributed by atoms with Crippen molar-refractivity contribution < 1.29 is 8.42 Å². The van der Waals surface area contributed by atoms with Gasteiger partial charge in [0.25, 0.3) is 10.0 Å². The number of hydrogen-bond donors (Lipinski definition) is 0. The smallest absolute Gasteiger partial charge is 0.261 e. The largest absolute Gasteiger partial charge is 0.272 e. The minimum Gasteiger partial charge on any atom is -0.272 e. The van der Waals surface area contributed by atoms with Gasteiger partial charge in [0.2, 0.25) is 0 Å². The average molecular weight is 385 g/mol. The maximum atomic E-state index is 12.8. The first-order valence-electron chi connectivity index (χ1n) is 7.08. The fraction of sp³-hybridized carbons (Fsp3) is 0.429. The number of rotatable bonds is 3. The van der Waals surface area contributed by atoms with E-state index in [0.717, 1.165) is 18.5 Å². The molecule has 0 aromatic carbocycles. The van der Waals surface area contributed by atoms with Crippen molar-refractivity contribution >= 4 is 26.0 Å². The molecule has 1 aliphatic heterocycles. The van der Waals surface area contributed by atoms with Crippen molar-refractivity contribution in [3.8, 4) is 0 Å². The molecule has 6 nitrogen and oxygen atoms in total. The molecule has 1 saturated heterocycles. The molecular formula is C14H17BrN4O2S. The molecule has 0 saturated carbocycles. The number of aromatic nitrogens is 3. The highest BCUT2D eigenvalue weighted by Crippen LogP contribution is 2.31. The molecule has 1 unspecified atom stereocenters. The van der Waals surface area contributed by atoms with Crippen LogP contribution in [0, 0.1) is 0 Å². The lowest BCUT2D eigenvalue weighted by atomic mass is 9.96. The Morgan fingerprint density at radius 3 is 2.82 bits per heavy atom. The van der Waals surface area contributed by atoms with Gasteiger partial charge >= 0.3 is 0 Å². The molecule has 0 bridgehead atoms. The van der Waals surface area contributed by atoms with Crippen molar-refractivity contribution in [3.05, 3.63) is 40.8 Å². The highest BCUT2D eigenvalue weighted by molar-refractivity contribution is 9.10. The van der Waals surface area contributed by atoms with E-state index in [1.54, 1.807) is 18.3 Å². The van der Waals surface area contributed by atoms with Crippen molar-refractivity contribution in [1.29, 1.82) is 0 Å². The molecule has 2 aromatic heterocycles. The number of hydrogen-bond acceptors (Lipinski definition) is 4. The Hall–Kier alpha value is -1.25. The fourth-order valence-electron chi connectivity index (χ4n) is 2.87. The summed E-state index contributed by atoms with van der Waals surface area (Å²) in [7, 11) is -1.70. The lowest BCUT2D eigenvalue weighted by molar-refractivity contribution is 0.307. The van der Waals surface area contributed by atoms with Crippen LogP contribution in [-0.2, 0) is 17.1 Å². The summed E-state index contributed by atoms with van der Waals surface area (Å²) in [5.74, 6) is 0.165. The molecule has 0 radical (unpaired) electrons. The summed E-state index contributed by atoms with van der Waals surface area (Å²) in [4.78, 5) is 4.04. The van der Waals surface area contributed by atoms with E-state index in [9.17, 15) is 8.42 Å². The zero-order chi connectivity index (χ0) is 15.7. The highest BCUT2D eigenvalue weighted by Gasteiger charge is 2.33. The molecule has 3 heterocycles. The van der Waals surface area contributed by atoms with Crippen LogP contribution in [0.5, 0.6) is 0 Å². The van der Waals surface area contributed by atoms with Crippen molar-refractivity contribution in [2.75, 3.05) is 13.1 Å². The molecule has 1 aliphatic rings. The van der Waals surface area contributed by atoms with Crippen LogP contribution in [0.25, 0.3) is 0 Å². The zero-order valence-electron chi connectivity index (χ0n) is 12.2. The van der Waals surface area contributed by atoms with E-state index in [-0.39, 0.29) is 10.9 Å². The molecule has 0 amide bonds. The van der Waals surface area contributed by atoms with Crippen molar-refractivity contribution in [1.82, 2.24) is 19.1 Å². The van der Waals surface area contributed by atoms with Gasteiger partial charge in [-0.25, -0.2) is 13.4 Å². The summed E-state index contributed by atoms with van der Waals surface area (Å²) < 4.78 is 29.5. The van der Waals surface area contributed by atoms with Crippen LogP contribution >= 0.6 is 15.9 Å². The van der Waals surface area contributed by atoms with Crippen LogP contribution in [0.2, 0.25) is 0 Å². The minimum absolute atomic E-state index is 0.0839. The molecule has 0 aliphatic carbocycles. The van der Waals surface area contributed by atoms with Gasteiger partial charge in [0.1, 0.15) is 0 Å². The first-order valence-corrected chi connectivity index (χ1v) is 9.32. The van der Waals surface area contributed by atoms with Crippen LogP contribution in [0.4, 0.5) is 0 Å². The Labute approximate surface area is 138 Å². The maximum absolute atomic E-state index is 12.8. The Balaban J connectivity index is 1.89. The average Bonchev–Trinajstić information content (AvgIpc) is 2.94. The Bertz CT molecular complexity index is 775. The van der Waals surface area contributed by atoms with E-state index < -0.39 is 10.0 Å². The third-order valence-corrected chi connectivity index (χ3v) is 6.70. The van der Waals surface area contributed by atoms with E-state index in [4.69, 9.17) is 0 Å². The van der Waals surface area contributed by atoms with Gasteiger partial charge in [0, 0.05) is 44.1 Å². The standard InChI is InChI=1S/C14H17BrN4O2S/c1-18-13(6-8-17-18)11-4-3-9-19(10-11)22(20,21)14-12(15)5-2-7-16-14/h2,5-8,11H,3-4,9-10H2,1H3. The third-order valence-electron chi connectivity index (χ3n) is 3.97. The lowest BCUT2D eigenvalue weighted by Crippen LogP contribution is -2.40. The quantitative estimate of drug-likeness (QED) is 0.812. The molecule has 1 fully saturated rings. The maximum Gasteiger partial charge on any atom is 0.261 e. The summed E-state index contributed by atoms with van der Waals surface area (Å²) >= 11 is 3.28. The summed E-state index contributed by atoms with van der Waals surface area (Å²) in [5.41, 5.74) is 1.07. The SMILES string of the molecule is Cn1nccc1C1CCCN(S(=O)(=O)c2ncccc2Br)C1. The summed E-state index contributed by atoms with van der Waals surface area (Å²) in [6.07, 6.45) is 5.05. The van der Waals surface area contributed by atoms with E-state index in [1.807, 2.05) is 17.8 Å². The van der Waals surface area contributed by atoms with Crippen molar-refractivity contribution in [2.45, 2.75) is 23.8 Å². The van der Waals surface area contributed by atoms with Crippen LogP contribution < -0.4 is 0 Å². The molecule has 0 N–H and O–H groups in total. The van der Waals surface area contributed by atoms with Crippen LogP contribution in [0.1, 0.15) is 24.5 Å². The monoisotopic (exact) mass is 384 g/mol. The number of halogens is 1. The van der Waals surface area contributed by atoms with Gasteiger partial charge in [-0.05, 0) is 47.0 Å². The Morgan fingerprint density at radius 1 is 1.32 bits per heavy atom. The van der Waals surface area contributed by atoms with Gasteiger partial charge in [0.15, 0.2) is 5.03 Å². The summed E-state index contributed by atoms with van der Waals surface area (Å²) in [5, 5.41) is 4.26. The second-order valence-corrected chi connectivity index (χ2v) is 8.08. The second-order valence-electron chi connectivity index (χ2n) is 5.37. The van der Waals surface area contributed by atoms with Gasteiger partial charge in [-0.3, -0.25) is 4.68 Å². The van der Waals surface area contributed by atoms with E-state index in [0.29, 0.717) is 17.6 Å². The molecule has 8 heteroatoms. The summed E-state index contributed by atoms with van der Waals surface area (Å²) in [6.45, 7) is 0.991. The number of nitrogens with zero attached hydrogens (tertiary/aromatic N) is 4. The lowest BCUT2D eigenvalue weighted by Gasteiger charge is -2.31. The number of aryl methyl sites for hydroxylation is 1. The van der Waals surface area contributed by atoms with Crippen molar-refractivity contribution in [2.24, 2.45) is 7.05 Å². The van der Waals surface area contributed by atoms with Gasteiger partial charge in [0.05, 0.1) is 4.47 Å². The predicted molar refractivity (Wildman–Crippen MR) is 85.9 cm³/mol.